The first-order valence-corrected chi connectivity index (χ1v) is 6.65. The normalized spacial score (nSPS) is 12.6. The van der Waals surface area contributed by atoms with Gasteiger partial charge in [-0.2, -0.15) is 0 Å². The standard InChI is InChI=1S/C14H18FN3O2/c1-3-4-7-10(13(19)20)16-14-17-12-9(15)6-5-8-11(12)18(14)2/h5-6,8,10H,3-4,7H2,1-2H3,(H,16,17)(H,19,20)/t10-/m0/s1. The minimum atomic E-state index is -0.925. The molecule has 0 fully saturated rings. The summed E-state index contributed by atoms with van der Waals surface area (Å²) in [5, 5.41) is 12.1. The smallest absolute Gasteiger partial charge is 0.326 e. The maximum absolute atomic E-state index is 13.7. The van der Waals surface area contributed by atoms with Crippen LogP contribution in [0.5, 0.6) is 0 Å². The Balaban J connectivity index is 2.30. The third kappa shape index (κ3) is 2.74. The number of imidazole rings is 1. The van der Waals surface area contributed by atoms with Crippen LogP contribution in [0.1, 0.15) is 26.2 Å². The van der Waals surface area contributed by atoms with Gasteiger partial charge in [-0.3, -0.25) is 0 Å². The maximum Gasteiger partial charge on any atom is 0.326 e. The molecule has 0 unspecified atom stereocenters. The van der Waals surface area contributed by atoms with Crippen LogP contribution in [0.4, 0.5) is 10.3 Å². The Bertz CT molecular complexity index is 624. The molecule has 6 heteroatoms. The van der Waals surface area contributed by atoms with Gasteiger partial charge in [0.2, 0.25) is 5.95 Å². The van der Waals surface area contributed by atoms with Gasteiger partial charge in [0, 0.05) is 7.05 Å². The lowest BCUT2D eigenvalue weighted by atomic mass is 10.1. The number of hydrogen-bond donors (Lipinski definition) is 2. The zero-order valence-corrected chi connectivity index (χ0v) is 11.6. The number of aliphatic carboxylic acids is 1. The van der Waals surface area contributed by atoms with Gasteiger partial charge >= 0.3 is 5.97 Å². The summed E-state index contributed by atoms with van der Waals surface area (Å²) in [7, 11) is 1.73. The van der Waals surface area contributed by atoms with Gasteiger partial charge in [-0.1, -0.05) is 25.8 Å². The highest BCUT2D eigenvalue weighted by Crippen LogP contribution is 2.21. The zero-order valence-electron chi connectivity index (χ0n) is 11.6. The molecule has 2 N–H and O–H groups in total. The number of aryl methyl sites for hydroxylation is 1. The van der Waals surface area contributed by atoms with Gasteiger partial charge < -0.3 is 15.0 Å². The first-order chi connectivity index (χ1) is 9.54. The molecule has 2 aromatic rings. The van der Waals surface area contributed by atoms with E-state index >= 15 is 0 Å². The summed E-state index contributed by atoms with van der Waals surface area (Å²) in [5.74, 6) is -0.967. The molecule has 1 atom stereocenters. The van der Waals surface area contributed by atoms with E-state index in [1.54, 1.807) is 23.7 Å². The fraction of sp³-hybridized carbons (Fsp3) is 0.429. The number of nitrogens with zero attached hydrogens (tertiary/aromatic N) is 2. The topological polar surface area (TPSA) is 67.2 Å². The van der Waals surface area contributed by atoms with Crippen molar-refractivity contribution in [3.8, 4) is 0 Å². The predicted octanol–water partition coefficient (Wildman–Crippen LogP) is 2.77. The molecule has 108 valence electrons. The minimum Gasteiger partial charge on any atom is -0.480 e. The molecule has 0 aliphatic carbocycles. The average Bonchev–Trinajstić information content (AvgIpc) is 2.73. The fourth-order valence-corrected chi connectivity index (χ4v) is 2.13. The molecule has 0 amide bonds. The molecule has 1 aromatic carbocycles. The van der Waals surface area contributed by atoms with Gasteiger partial charge in [-0.25, -0.2) is 14.2 Å². The Kier molecular flexibility index (Phi) is 4.22. The molecule has 20 heavy (non-hydrogen) atoms. The van der Waals surface area contributed by atoms with Gasteiger partial charge in [0.15, 0.2) is 5.82 Å². The van der Waals surface area contributed by atoms with E-state index in [0.717, 1.165) is 12.8 Å². The number of hydrogen-bond acceptors (Lipinski definition) is 3. The maximum atomic E-state index is 13.7. The first kappa shape index (κ1) is 14.3. The van der Waals surface area contributed by atoms with E-state index in [1.165, 1.54) is 6.07 Å². The molecule has 0 saturated heterocycles. The van der Waals surface area contributed by atoms with Crippen molar-refractivity contribution in [2.24, 2.45) is 7.05 Å². The van der Waals surface area contributed by atoms with E-state index in [4.69, 9.17) is 0 Å². The summed E-state index contributed by atoms with van der Waals surface area (Å²) in [6, 6.07) is 3.98. The van der Waals surface area contributed by atoms with E-state index in [-0.39, 0.29) is 5.52 Å². The third-order valence-electron chi connectivity index (χ3n) is 3.31. The largest absolute Gasteiger partial charge is 0.480 e. The fourth-order valence-electron chi connectivity index (χ4n) is 2.13. The molecule has 5 nitrogen and oxygen atoms in total. The van der Waals surface area contributed by atoms with Crippen LogP contribution in [0.3, 0.4) is 0 Å². The van der Waals surface area contributed by atoms with Crippen LogP contribution in [0.25, 0.3) is 11.0 Å². The average molecular weight is 279 g/mol. The highest BCUT2D eigenvalue weighted by molar-refractivity contribution is 5.81. The van der Waals surface area contributed by atoms with Crippen LogP contribution in [0.2, 0.25) is 0 Å². The van der Waals surface area contributed by atoms with Crippen LogP contribution in [0, 0.1) is 5.82 Å². The molecule has 1 aromatic heterocycles. The second-order valence-electron chi connectivity index (χ2n) is 4.78. The predicted molar refractivity (Wildman–Crippen MR) is 75.2 cm³/mol. The Morgan fingerprint density at radius 1 is 1.55 bits per heavy atom. The quantitative estimate of drug-likeness (QED) is 0.853. The molecular formula is C14H18FN3O2. The lowest BCUT2D eigenvalue weighted by molar-refractivity contribution is -0.138. The molecule has 0 saturated carbocycles. The van der Waals surface area contributed by atoms with Gasteiger partial charge in [0.05, 0.1) is 5.52 Å². The van der Waals surface area contributed by atoms with E-state index in [9.17, 15) is 14.3 Å². The molecule has 2 rings (SSSR count). The number of carboxylic acid groups (broad SMARTS) is 1. The van der Waals surface area contributed by atoms with Gasteiger partial charge in [0.25, 0.3) is 0 Å². The van der Waals surface area contributed by atoms with E-state index in [0.29, 0.717) is 17.9 Å². The van der Waals surface area contributed by atoms with Crippen molar-refractivity contribution in [2.75, 3.05) is 5.32 Å². The second kappa shape index (κ2) is 5.90. The molecule has 0 aliphatic heterocycles. The lowest BCUT2D eigenvalue weighted by Gasteiger charge is -2.14. The number of carbonyl (C=O) groups is 1. The molecule has 0 radical (unpaired) electrons. The highest BCUT2D eigenvalue weighted by Gasteiger charge is 2.20. The molecule has 0 spiro atoms. The Hall–Kier alpha value is -2.11. The second-order valence-corrected chi connectivity index (χ2v) is 4.78. The minimum absolute atomic E-state index is 0.247. The van der Waals surface area contributed by atoms with Crippen molar-refractivity contribution in [3.05, 3.63) is 24.0 Å². The van der Waals surface area contributed by atoms with E-state index < -0.39 is 17.8 Å². The van der Waals surface area contributed by atoms with Crippen molar-refractivity contribution < 1.29 is 14.3 Å². The summed E-state index contributed by atoms with van der Waals surface area (Å²) in [5.41, 5.74) is 0.879. The number of nitrogens with one attached hydrogen (secondary N) is 1. The Labute approximate surface area is 116 Å². The molecule has 0 aliphatic rings. The Morgan fingerprint density at radius 3 is 2.90 bits per heavy atom. The Morgan fingerprint density at radius 2 is 2.30 bits per heavy atom. The summed E-state index contributed by atoms with van der Waals surface area (Å²) in [6.45, 7) is 2.00. The summed E-state index contributed by atoms with van der Waals surface area (Å²) < 4.78 is 15.3. The van der Waals surface area contributed by atoms with Crippen molar-refractivity contribution in [2.45, 2.75) is 32.2 Å². The number of aromatic nitrogens is 2. The lowest BCUT2D eigenvalue weighted by Crippen LogP contribution is -2.30. The number of benzene rings is 1. The van der Waals surface area contributed by atoms with Crippen LogP contribution >= 0.6 is 0 Å². The summed E-state index contributed by atoms with van der Waals surface area (Å²) in [6.07, 6.45) is 2.24. The highest BCUT2D eigenvalue weighted by atomic mass is 19.1. The number of unbranched alkanes of at least 4 members (excludes halogenated alkanes) is 1. The number of anilines is 1. The first-order valence-electron chi connectivity index (χ1n) is 6.65. The van der Waals surface area contributed by atoms with Crippen molar-refractivity contribution >= 4 is 23.0 Å². The number of carboxylic acids is 1. The van der Waals surface area contributed by atoms with Crippen molar-refractivity contribution in [1.82, 2.24) is 9.55 Å². The molecule has 0 bridgehead atoms. The van der Waals surface area contributed by atoms with Gasteiger partial charge in [0.1, 0.15) is 11.6 Å². The van der Waals surface area contributed by atoms with Crippen molar-refractivity contribution in [3.63, 3.8) is 0 Å². The van der Waals surface area contributed by atoms with Crippen LogP contribution in [0.15, 0.2) is 18.2 Å². The van der Waals surface area contributed by atoms with Crippen LogP contribution < -0.4 is 5.32 Å². The monoisotopic (exact) mass is 279 g/mol. The summed E-state index contributed by atoms with van der Waals surface area (Å²) >= 11 is 0. The van der Waals surface area contributed by atoms with Crippen molar-refractivity contribution in [1.29, 1.82) is 0 Å². The number of rotatable bonds is 6. The molecular weight excluding hydrogens is 261 g/mol. The number of para-hydroxylation sites is 1. The van der Waals surface area contributed by atoms with Crippen LogP contribution in [-0.2, 0) is 11.8 Å². The van der Waals surface area contributed by atoms with Gasteiger partial charge in [-0.05, 0) is 18.6 Å². The third-order valence-corrected chi connectivity index (χ3v) is 3.31. The van der Waals surface area contributed by atoms with E-state index in [1.807, 2.05) is 6.92 Å². The van der Waals surface area contributed by atoms with Crippen LogP contribution in [-0.4, -0.2) is 26.7 Å². The zero-order chi connectivity index (χ0) is 14.7. The number of halogens is 1. The SMILES string of the molecule is CCCC[C@H](Nc1nc2c(F)cccc2n1C)C(=O)O. The van der Waals surface area contributed by atoms with E-state index in [2.05, 4.69) is 10.3 Å². The van der Waals surface area contributed by atoms with Gasteiger partial charge in [-0.15, -0.1) is 0 Å². The molecule has 1 heterocycles. The number of fused-ring (bicyclic) bond motifs is 1. The summed E-state index contributed by atoms with van der Waals surface area (Å²) in [4.78, 5) is 15.4.